The molecule has 3 aromatic rings. The molecule has 0 radical (unpaired) electrons. The monoisotopic (exact) mass is 390 g/mol. The van der Waals surface area contributed by atoms with Gasteiger partial charge in [0, 0.05) is 12.2 Å². The van der Waals surface area contributed by atoms with Gasteiger partial charge in [-0.05, 0) is 48.4 Å². The van der Waals surface area contributed by atoms with Gasteiger partial charge in [-0.3, -0.25) is 4.79 Å². The molecule has 0 spiro atoms. The summed E-state index contributed by atoms with van der Waals surface area (Å²) >= 11 is 0. The van der Waals surface area contributed by atoms with Crippen molar-refractivity contribution >= 4 is 11.6 Å². The average molecular weight is 390 g/mol. The molecular formula is C24H26N2O3. The van der Waals surface area contributed by atoms with E-state index in [0.717, 1.165) is 30.8 Å². The highest BCUT2D eigenvalue weighted by molar-refractivity contribution is 5.91. The molecule has 29 heavy (non-hydrogen) atoms. The van der Waals surface area contributed by atoms with Crippen LogP contribution in [0, 0.1) is 0 Å². The molecule has 0 unspecified atom stereocenters. The van der Waals surface area contributed by atoms with Crippen LogP contribution in [0.2, 0.25) is 0 Å². The fourth-order valence-electron chi connectivity index (χ4n) is 2.91. The van der Waals surface area contributed by atoms with E-state index in [1.807, 2.05) is 54.6 Å². The number of ether oxygens (including phenoxy) is 2. The summed E-state index contributed by atoms with van der Waals surface area (Å²) in [6.45, 7) is 1.54. The zero-order chi connectivity index (χ0) is 20.3. The second-order valence-electron chi connectivity index (χ2n) is 6.60. The number of hydrogen-bond acceptors (Lipinski definition) is 4. The molecule has 0 saturated carbocycles. The van der Waals surface area contributed by atoms with Gasteiger partial charge >= 0.3 is 0 Å². The van der Waals surface area contributed by atoms with Gasteiger partial charge in [-0.1, -0.05) is 54.6 Å². The number of amides is 1. The molecule has 3 rings (SSSR count). The van der Waals surface area contributed by atoms with Crippen molar-refractivity contribution in [3.63, 3.8) is 0 Å². The summed E-state index contributed by atoms with van der Waals surface area (Å²) in [6.07, 6.45) is 0.982. The van der Waals surface area contributed by atoms with Crippen LogP contribution in [0.15, 0.2) is 78.9 Å². The van der Waals surface area contributed by atoms with E-state index in [1.165, 1.54) is 5.56 Å². The molecule has 1 amide bonds. The number of carbonyl (C=O) groups is 1. The first-order valence-electron chi connectivity index (χ1n) is 9.64. The van der Waals surface area contributed by atoms with Crippen LogP contribution in [0.1, 0.15) is 11.1 Å². The number of hydrogen-bond donors (Lipinski definition) is 2. The summed E-state index contributed by atoms with van der Waals surface area (Å²) in [6, 6.07) is 25.4. The summed E-state index contributed by atoms with van der Waals surface area (Å²) in [7, 11) is 1.60. The van der Waals surface area contributed by atoms with E-state index in [1.54, 1.807) is 7.11 Å². The second-order valence-corrected chi connectivity index (χ2v) is 6.60. The first-order chi connectivity index (χ1) is 14.2. The fraction of sp³-hybridized carbons (Fsp3) is 0.208. The molecule has 0 fully saturated rings. The Morgan fingerprint density at radius 1 is 0.862 bits per heavy atom. The number of rotatable bonds is 10. The Morgan fingerprint density at radius 2 is 1.59 bits per heavy atom. The van der Waals surface area contributed by atoms with Crippen LogP contribution in [0.4, 0.5) is 5.69 Å². The molecule has 3 aromatic carbocycles. The van der Waals surface area contributed by atoms with E-state index in [0.29, 0.717) is 11.5 Å². The van der Waals surface area contributed by atoms with Crippen molar-refractivity contribution in [2.45, 2.75) is 13.0 Å². The smallest absolute Gasteiger partial charge is 0.262 e. The molecule has 5 heteroatoms. The standard InChI is InChI=1S/C24H26N2O3/c1-28-23-16-20(17-25-15-14-19-8-4-2-5-9-19)12-13-22(23)29-18-24(27)26-21-10-6-3-7-11-21/h2-13,16,25H,14-15,17-18H2,1H3,(H,26,27). The van der Waals surface area contributed by atoms with Crippen LogP contribution in [0.3, 0.4) is 0 Å². The van der Waals surface area contributed by atoms with Crippen molar-refractivity contribution in [1.82, 2.24) is 5.32 Å². The van der Waals surface area contributed by atoms with Gasteiger partial charge in [0.25, 0.3) is 5.91 Å². The Morgan fingerprint density at radius 3 is 2.31 bits per heavy atom. The number of nitrogens with one attached hydrogen (secondary N) is 2. The minimum absolute atomic E-state index is 0.0834. The Balaban J connectivity index is 1.47. The van der Waals surface area contributed by atoms with Crippen molar-refractivity contribution in [3.05, 3.63) is 90.0 Å². The lowest BCUT2D eigenvalue weighted by Crippen LogP contribution is -2.20. The molecule has 0 bridgehead atoms. The van der Waals surface area contributed by atoms with Gasteiger partial charge in [0.2, 0.25) is 0 Å². The first-order valence-corrected chi connectivity index (χ1v) is 9.64. The number of para-hydroxylation sites is 1. The Bertz CT molecular complexity index is 899. The summed E-state index contributed by atoms with van der Waals surface area (Å²) in [4.78, 5) is 12.1. The predicted molar refractivity (Wildman–Crippen MR) is 115 cm³/mol. The first kappa shape index (κ1) is 20.4. The van der Waals surface area contributed by atoms with Gasteiger partial charge in [0.1, 0.15) is 0 Å². The van der Waals surface area contributed by atoms with E-state index in [2.05, 4.69) is 34.9 Å². The van der Waals surface area contributed by atoms with Crippen LogP contribution in [-0.2, 0) is 17.8 Å². The summed E-state index contributed by atoms with van der Waals surface area (Å²) in [5, 5.41) is 6.23. The van der Waals surface area contributed by atoms with Crippen LogP contribution < -0.4 is 20.1 Å². The predicted octanol–water partition coefficient (Wildman–Crippen LogP) is 4.05. The van der Waals surface area contributed by atoms with Crippen LogP contribution >= 0.6 is 0 Å². The van der Waals surface area contributed by atoms with E-state index >= 15 is 0 Å². The SMILES string of the molecule is COc1cc(CNCCc2ccccc2)ccc1OCC(=O)Nc1ccccc1. The van der Waals surface area contributed by atoms with Gasteiger partial charge in [-0.2, -0.15) is 0 Å². The molecule has 0 heterocycles. The van der Waals surface area contributed by atoms with Crippen molar-refractivity contribution in [3.8, 4) is 11.5 Å². The minimum Gasteiger partial charge on any atom is -0.493 e. The topological polar surface area (TPSA) is 59.6 Å². The van der Waals surface area contributed by atoms with Crippen LogP contribution in [0.25, 0.3) is 0 Å². The van der Waals surface area contributed by atoms with Gasteiger partial charge in [0.05, 0.1) is 7.11 Å². The Labute approximate surface area is 171 Å². The van der Waals surface area contributed by atoms with Gasteiger partial charge in [-0.25, -0.2) is 0 Å². The van der Waals surface area contributed by atoms with Crippen LogP contribution in [0.5, 0.6) is 11.5 Å². The maximum Gasteiger partial charge on any atom is 0.262 e. The van der Waals surface area contributed by atoms with E-state index in [4.69, 9.17) is 9.47 Å². The van der Waals surface area contributed by atoms with Crippen molar-refractivity contribution in [2.24, 2.45) is 0 Å². The van der Waals surface area contributed by atoms with Gasteiger partial charge in [-0.15, -0.1) is 0 Å². The zero-order valence-electron chi connectivity index (χ0n) is 16.6. The largest absolute Gasteiger partial charge is 0.493 e. The Kier molecular flexibility index (Phi) is 7.66. The Hall–Kier alpha value is -3.31. The maximum absolute atomic E-state index is 12.1. The van der Waals surface area contributed by atoms with E-state index in [-0.39, 0.29) is 12.5 Å². The highest BCUT2D eigenvalue weighted by atomic mass is 16.5. The minimum atomic E-state index is -0.218. The lowest BCUT2D eigenvalue weighted by atomic mass is 10.1. The average Bonchev–Trinajstić information content (AvgIpc) is 2.77. The molecular weight excluding hydrogens is 364 g/mol. The summed E-state index contributed by atoms with van der Waals surface area (Å²) < 4.78 is 11.1. The third-order valence-electron chi connectivity index (χ3n) is 4.41. The van der Waals surface area contributed by atoms with Crippen LogP contribution in [-0.4, -0.2) is 26.2 Å². The fourth-order valence-corrected chi connectivity index (χ4v) is 2.91. The van der Waals surface area contributed by atoms with Crippen molar-refractivity contribution < 1.29 is 14.3 Å². The highest BCUT2D eigenvalue weighted by Crippen LogP contribution is 2.28. The molecule has 150 valence electrons. The zero-order valence-corrected chi connectivity index (χ0v) is 16.6. The molecule has 5 nitrogen and oxygen atoms in total. The molecule has 2 N–H and O–H groups in total. The molecule has 0 saturated heterocycles. The molecule has 0 aliphatic heterocycles. The number of carbonyl (C=O) groups excluding carboxylic acids is 1. The summed E-state index contributed by atoms with van der Waals surface area (Å²) in [5.74, 6) is 0.938. The molecule has 0 atom stereocenters. The quantitative estimate of drug-likeness (QED) is 0.513. The van der Waals surface area contributed by atoms with E-state index in [9.17, 15) is 4.79 Å². The lowest BCUT2D eigenvalue weighted by Gasteiger charge is -2.13. The van der Waals surface area contributed by atoms with Crippen molar-refractivity contribution in [1.29, 1.82) is 0 Å². The highest BCUT2D eigenvalue weighted by Gasteiger charge is 2.09. The number of methoxy groups -OCH3 is 1. The number of benzene rings is 3. The third kappa shape index (κ3) is 6.66. The molecule has 0 aliphatic rings. The van der Waals surface area contributed by atoms with Gasteiger partial charge < -0.3 is 20.1 Å². The second kappa shape index (κ2) is 10.9. The maximum atomic E-state index is 12.1. The molecule has 0 aromatic heterocycles. The van der Waals surface area contributed by atoms with Gasteiger partial charge in [0.15, 0.2) is 18.1 Å². The number of anilines is 1. The molecule has 0 aliphatic carbocycles. The summed E-state index contributed by atoms with van der Waals surface area (Å²) in [5.41, 5.74) is 3.15. The lowest BCUT2D eigenvalue weighted by molar-refractivity contribution is -0.118. The van der Waals surface area contributed by atoms with Crippen molar-refractivity contribution in [2.75, 3.05) is 25.6 Å². The third-order valence-corrected chi connectivity index (χ3v) is 4.41. The normalized spacial score (nSPS) is 10.4. The van der Waals surface area contributed by atoms with E-state index < -0.39 is 0 Å².